The van der Waals surface area contributed by atoms with Gasteiger partial charge in [0.1, 0.15) is 0 Å². The molecule has 0 bridgehead atoms. The maximum absolute atomic E-state index is 4.56. The summed E-state index contributed by atoms with van der Waals surface area (Å²) in [6.07, 6.45) is 8.84. The number of aromatic nitrogens is 3. The van der Waals surface area contributed by atoms with Crippen molar-refractivity contribution in [2.24, 2.45) is 0 Å². The van der Waals surface area contributed by atoms with Crippen molar-refractivity contribution in [2.75, 3.05) is 23.7 Å². The van der Waals surface area contributed by atoms with Crippen LogP contribution < -0.4 is 4.90 Å². The smallest absolute Gasteiger partial charge is 0.228 e. The van der Waals surface area contributed by atoms with Crippen molar-refractivity contribution < 1.29 is 0 Å². The van der Waals surface area contributed by atoms with E-state index in [4.69, 9.17) is 0 Å². The van der Waals surface area contributed by atoms with Crippen LogP contribution in [0.3, 0.4) is 0 Å². The predicted octanol–water partition coefficient (Wildman–Crippen LogP) is 4.33. The molecular formula is C19H26N4S. The summed E-state index contributed by atoms with van der Waals surface area (Å²) in [6, 6.07) is 11.4. The summed E-state index contributed by atoms with van der Waals surface area (Å²) in [5.74, 6) is 2.24. The van der Waals surface area contributed by atoms with E-state index in [2.05, 4.69) is 50.0 Å². The minimum absolute atomic E-state index is 0.647. The molecule has 0 atom stereocenters. The lowest BCUT2D eigenvalue weighted by Crippen LogP contribution is -2.31. The number of benzene rings is 1. The van der Waals surface area contributed by atoms with Gasteiger partial charge in [0.2, 0.25) is 5.95 Å². The van der Waals surface area contributed by atoms with Crippen molar-refractivity contribution in [1.82, 2.24) is 14.8 Å². The first kappa shape index (κ1) is 16.0. The highest BCUT2D eigenvalue weighted by Crippen LogP contribution is 2.41. The van der Waals surface area contributed by atoms with E-state index in [9.17, 15) is 0 Å². The molecule has 2 heterocycles. The second kappa shape index (κ2) is 7.60. The largest absolute Gasteiger partial charge is 0.341 e. The summed E-state index contributed by atoms with van der Waals surface area (Å²) in [5, 5.41) is 10.2. The van der Waals surface area contributed by atoms with Gasteiger partial charge in [0.05, 0.1) is 0 Å². The fourth-order valence-corrected chi connectivity index (χ4v) is 4.35. The topological polar surface area (TPSA) is 34.0 Å². The first-order valence-electron chi connectivity index (χ1n) is 9.28. The zero-order valence-electron chi connectivity index (χ0n) is 14.2. The molecule has 0 amide bonds. The van der Waals surface area contributed by atoms with E-state index in [0.717, 1.165) is 36.4 Å². The maximum atomic E-state index is 4.56. The van der Waals surface area contributed by atoms with E-state index in [1.165, 1.54) is 44.1 Å². The third kappa shape index (κ3) is 3.77. The maximum Gasteiger partial charge on any atom is 0.228 e. The molecule has 1 aromatic heterocycles. The Hall–Kier alpha value is -1.49. The Kier molecular flexibility index (Phi) is 5.07. The fourth-order valence-electron chi connectivity index (χ4n) is 3.41. The number of hydrogen-bond acceptors (Lipinski definition) is 4. The molecule has 0 radical (unpaired) electrons. The van der Waals surface area contributed by atoms with Crippen LogP contribution in [0.2, 0.25) is 0 Å². The van der Waals surface area contributed by atoms with Crippen LogP contribution in [0, 0.1) is 0 Å². The van der Waals surface area contributed by atoms with Gasteiger partial charge in [-0.1, -0.05) is 42.1 Å². The van der Waals surface area contributed by atoms with Crippen molar-refractivity contribution >= 4 is 17.7 Å². The predicted molar refractivity (Wildman–Crippen MR) is 99.8 cm³/mol. The minimum atomic E-state index is 0.647. The van der Waals surface area contributed by atoms with E-state index in [-0.39, 0.29) is 0 Å². The second-order valence-corrected chi connectivity index (χ2v) is 7.93. The minimum Gasteiger partial charge on any atom is -0.341 e. The van der Waals surface area contributed by atoms with Gasteiger partial charge in [0.15, 0.2) is 5.16 Å². The monoisotopic (exact) mass is 342 g/mol. The average molecular weight is 343 g/mol. The van der Waals surface area contributed by atoms with E-state index < -0.39 is 0 Å². The normalized spacial score (nSPS) is 18.1. The van der Waals surface area contributed by atoms with Gasteiger partial charge in [-0.15, -0.1) is 10.2 Å². The molecule has 1 saturated heterocycles. The number of anilines is 1. The molecular weight excluding hydrogens is 316 g/mol. The number of aryl methyl sites for hydroxylation is 1. The zero-order chi connectivity index (χ0) is 16.2. The molecule has 1 aromatic carbocycles. The summed E-state index contributed by atoms with van der Waals surface area (Å²) in [4.78, 5) is 2.45. The molecule has 2 aromatic rings. The zero-order valence-corrected chi connectivity index (χ0v) is 15.0. The standard InChI is InChI=1S/C19H26N4S/c1-3-8-16(9-4-1)10-7-15-24-19-21-20-18(23(19)17-11-12-17)22-13-5-2-6-14-22/h1,3-4,8-9,17H,2,5-7,10-15H2. The van der Waals surface area contributed by atoms with E-state index in [1.54, 1.807) is 0 Å². The molecule has 1 aliphatic carbocycles. The molecule has 24 heavy (non-hydrogen) atoms. The molecule has 4 rings (SSSR count). The molecule has 2 aliphatic rings. The molecule has 5 heteroatoms. The van der Waals surface area contributed by atoms with Crippen LogP contribution in [0.1, 0.15) is 50.1 Å². The van der Waals surface area contributed by atoms with Gasteiger partial charge in [0, 0.05) is 24.9 Å². The molecule has 0 spiro atoms. The van der Waals surface area contributed by atoms with Crippen molar-refractivity contribution in [3.05, 3.63) is 35.9 Å². The summed E-state index contributed by atoms with van der Waals surface area (Å²) in [7, 11) is 0. The molecule has 0 N–H and O–H groups in total. The van der Waals surface area contributed by atoms with Crippen molar-refractivity contribution in [3.8, 4) is 0 Å². The first-order chi connectivity index (χ1) is 11.9. The fraction of sp³-hybridized carbons (Fsp3) is 0.579. The molecule has 0 unspecified atom stereocenters. The average Bonchev–Trinajstić information content (AvgIpc) is 3.40. The molecule has 1 saturated carbocycles. The highest BCUT2D eigenvalue weighted by molar-refractivity contribution is 7.99. The number of thioether (sulfide) groups is 1. The highest BCUT2D eigenvalue weighted by Gasteiger charge is 2.31. The lowest BCUT2D eigenvalue weighted by atomic mass is 10.1. The van der Waals surface area contributed by atoms with Gasteiger partial charge in [-0.05, 0) is 50.5 Å². The van der Waals surface area contributed by atoms with Crippen molar-refractivity contribution in [1.29, 1.82) is 0 Å². The van der Waals surface area contributed by atoms with Gasteiger partial charge >= 0.3 is 0 Å². The van der Waals surface area contributed by atoms with Gasteiger partial charge in [0.25, 0.3) is 0 Å². The van der Waals surface area contributed by atoms with E-state index in [1.807, 2.05) is 11.8 Å². The first-order valence-corrected chi connectivity index (χ1v) is 10.3. The van der Waals surface area contributed by atoms with Gasteiger partial charge in [-0.25, -0.2) is 0 Å². The van der Waals surface area contributed by atoms with Gasteiger partial charge in [-0.3, -0.25) is 4.57 Å². The Morgan fingerprint density at radius 2 is 1.79 bits per heavy atom. The Morgan fingerprint density at radius 3 is 2.54 bits per heavy atom. The molecule has 128 valence electrons. The lowest BCUT2D eigenvalue weighted by molar-refractivity contribution is 0.548. The molecule has 4 nitrogen and oxygen atoms in total. The van der Waals surface area contributed by atoms with Crippen LogP contribution in [-0.4, -0.2) is 33.6 Å². The summed E-state index contributed by atoms with van der Waals surface area (Å²) in [6.45, 7) is 2.28. The Labute approximate surface area is 148 Å². The SMILES string of the molecule is c1ccc(CCCSc2nnc(N3CCCCC3)n2C2CC2)cc1. The third-order valence-corrected chi connectivity index (χ3v) is 5.91. The second-order valence-electron chi connectivity index (χ2n) is 6.87. The van der Waals surface area contributed by atoms with E-state index >= 15 is 0 Å². The third-order valence-electron chi connectivity index (χ3n) is 4.88. The van der Waals surface area contributed by atoms with Gasteiger partial charge in [-0.2, -0.15) is 0 Å². The molecule has 2 fully saturated rings. The van der Waals surface area contributed by atoms with Crippen LogP contribution in [0.5, 0.6) is 0 Å². The van der Waals surface area contributed by atoms with Gasteiger partial charge < -0.3 is 4.90 Å². The van der Waals surface area contributed by atoms with Crippen LogP contribution >= 0.6 is 11.8 Å². The number of rotatable bonds is 7. The van der Waals surface area contributed by atoms with E-state index in [0.29, 0.717) is 6.04 Å². The highest BCUT2D eigenvalue weighted by atomic mass is 32.2. The summed E-state index contributed by atoms with van der Waals surface area (Å²) >= 11 is 1.88. The number of piperidine rings is 1. The van der Waals surface area contributed by atoms with Crippen LogP contribution in [0.15, 0.2) is 35.5 Å². The Balaban J connectivity index is 1.37. The summed E-state index contributed by atoms with van der Waals surface area (Å²) < 4.78 is 2.43. The Morgan fingerprint density at radius 1 is 1.00 bits per heavy atom. The van der Waals surface area contributed by atoms with Crippen molar-refractivity contribution in [3.63, 3.8) is 0 Å². The Bertz CT molecular complexity index is 645. The van der Waals surface area contributed by atoms with Crippen molar-refractivity contribution in [2.45, 2.75) is 56.1 Å². The van der Waals surface area contributed by atoms with Crippen LogP contribution in [0.4, 0.5) is 5.95 Å². The summed E-state index contributed by atoms with van der Waals surface area (Å²) in [5.41, 5.74) is 1.43. The number of nitrogens with zero attached hydrogens (tertiary/aromatic N) is 4. The quantitative estimate of drug-likeness (QED) is 0.554. The van der Waals surface area contributed by atoms with Crippen LogP contribution in [-0.2, 0) is 6.42 Å². The molecule has 1 aliphatic heterocycles. The lowest BCUT2D eigenvalue weighted by Gasteiger charge is -2.27. The number of hydrogen-bond donors (Lipinski definition) is 0. The van der Waals surface area contributed by atoms with Crippen LogP contribution in [0.25, 0.3) is 0 Å².